The highest BCUT2D eigenvalue weighted by atomic mass is 16.2. The van der Waals surface area contributed by atoms with Gasteiger partial charge in [0.1, 0.15) is 0 Å². The lowest BCUT2D eigenvalue weighted by Gasteiger charge is -2.16. The van der Waals surface area contributed by atoms with Crippen LogP contribution in [0.15, 0.2) is 72.8 Å². The number of rotatable bonds is 5. The molecule has 0 spiro atoms. The standard InChI is InChI=1S/C26H26N2O2/c1-3-25(29)28-16-15-23-17-22(13-14-24(23)28)20-9-11-21(12-10-20)26(30)27-18(2)19-7-5-4-6-8-19/h4-14,17-18H,3,15-16H2,1-2H3,(H,27,30)/t18-/m0/s1. The lowest BCUT2D eigenvalue weighted by atomic mass is 10.00. The van der Waals surface area contributed by atoms with E-state index in [2.05, 4.69) is 11.4 Å². The van der Waals surface area contributed by atoms with Crippen molar-refractivity contribution in [3.8, 4) is 11.1 Å². The molecule has 0 radical (unpaired) electrons. The van der Waals surface area contributed by atoms with Crippen molar-refractivity contribution in [3.05, 3.63) is 89.5 Å². The number of benzene rings is 3. The van der Waals surface area contributed by atoms with E-state index in [1.54, 1.807) is 0 Å². The summed E-state index contributed by atoms with van der Waals surface area (Å²) < 4.78 is 0. The lowest BCUT2D eigenvalue weighted by Crippen LogP contribution is -2.27. The van der Waals surface area contributed by atoms with Gasteiger partial charge in [-0.3, -0.25) is 9.59 Å². The van der Waals surface area contributed by atoms with Crippen molar-refractivity contribution in [3.63, 3.8) is 0 Å². The normalized spacial score (nSPS) is 13.6. The summed E-state index contributed by atoms with van der Waals surface area (Å²) in [4.78, 5) is 26.6. The van der Waals surface area contributed by atoms with Gasteiger partial charge < -0.3 is 10.2 Å². The summed E-state index contributed by atoms with van der Waals surface area (Å²) in [5, 5.41) is 3.05. The third-order valence-corrected chi connectivity index (χ3v) is 5.71. The summed E-state index contributed by atoms with van der Waals surface area (Å²) >= 11 is 0. The molecule has 0 unspecified atom stereocenters. The maximum absolute atomic E-state index is 12.6. The summed E-state index contributed by atoms with van der Waals surface area (Å²) in [7, 11) is 0. The maximum Gasteiger partial charge on any atom is 0.251 e. The van der Waals surface area contributed by atoms with Crippen molar-refractivity contribution in [2.45, 2.75) is 32.7 Å². The summed E-state index contributed by atoms with van der Waals surface area (Å²) in [5.74, 6) is 0.0853. The molecule has 4 heteroatoms. The Hall–Kier alpha value is -3.40. The van der Waals surface area contributed by atoms with Gasteiger partial charge in [-0.15, -0.1) is 0 Å². The Morgan fingerprint density at radius 2 is 1.67 bits per heavy atom. The van der Waals surface area contributed by atoms with Crippen LogP contribution < -0.4 is 10.2 Å². The molecule has 1 heterocycles. The number of hydrogen-bond acceptors (Lipinski definition) is 2. The van der Waals surface area contributed by atoms with E-state index < -0.39 is 0 Å². The average molecular weight is 399 g/mol. The smallest absolute Gasteiger partial charge is 0.251 e. The SMILES string of the molecule is CCC(=O)N1CCc2cc(-c3ccc(C(=O)N[C@@H](C)c4ccccc4)cc3)ccc21. The molecule has 0 bridgehead atoms. The molecule has 0 saturated carbocycles. The lowest BCUT2D eigenvalue weighted by molar-refractivity contribution is -0.118. The second kappa shape index (κ2) is 8.54. The zero-order chi connectivity index (χ0) is 21.1. The van der Waals surface area contributed by atoms with Crippen LogP contribution in [-0.4, -0.2) is 18.4 Å². The van der Waals surface area contributed by atoms with Gasteiger partial charge in [-0.05, 0) is 59.9 Å². The van der Waals surface area contributed by atoms with Crippen LogP contribution in [0.1, 0.15) is 47.8 Å². The van der Waals surface area contributed by atoms with E-state index in [-0.39, 0.29) is 17.9 Å². The van der Waals surface area contributed by atoms with Gasteiger partial charge in [-0.2, -0.15) is 0 Å². The van der Waals surface area contributed by atoms with Crippen molar-refractivity contribution < 1.29 is 9.59 Å². The third kappa shape index (κ3) is 3.99. The minimum absolute atomic E-state index is 0.0520. The number of nitrogens with one attached hydrogen (secondary N) is 1. The Balaban J connectivity index is 1.47. The maximum atomic E-state index is 12.6. The predicted molar refractivity (Wildman–Crippen MR) is 121 cm³/mol. The molecule has 152 valence electrons. The van der Waals surface area contributed by atoms with Crippen LogP contribution in [0.5, 0.6) is 0 Å². The molecule has 3 aromatic rings. The minimum Gasteiger partial charge on any atom is -0.346 e. The molecule has 2 amide bonds. The summed E-state index contributed by atoms with van der Waals surface area (Å²) in [6, 6.07) is 23.8. The van der Waals surface area contributed by atoms with E-state index in [1.807, 2.05) is 85.5 Å². The molecular weight excluding hydrogens is 372 g/mol. The molecule has 30 heavy (non-hydrogen) atoms. The van der Waals surface area contributed by atoms with Gasteiger partial charge in [-0.1, -0.05) is 55.5 Å². The van der Waals surface area contributed by atoms with E-state index >= 15 is 0 Å². The Morgan fingerprint density at radius 1 is 0.967 bits per heavy atom. The molecule has 4 rings (SSSR count). The molecule has 1 aliphatic heterocycles. The number of nitrogens with zero attached hydrogens (tertiary/aromatic N) is 1. The topological polar surface area (TPSA) is 49.4 Å². The van der Waals surface area contributed by atoms with Crippen molar-refractivity contribution >= 4 is 17.5 Å². The van der Waals surface area contributed by atoms with Crippen molar-refractivity contribution in [2.75, 3.05) is 11.4 Å². The van der Waals surface area contributed by atoms with Gasteiger partial charge >= 0.3 is 0 Å². The molecule has 0 aromatic heterocycles. The number of anilines is 1. The number of hydrogen-bond donors (Lipinski definition) is 1. The first-order valence-corrected chi connectivity index (χ1v) is 10.5. The van der Waals surface area contributed by atoms with Crippen LogP contribution in [0.25, 0.3) is 11.1 Å². The first-order chi connectivity index (χ1) is 14.6. The number of carbonyl (C=O) groups excluding carboxylic acids is 2. The molecule has 1 N–H and O–H groups in total. The molecular formula is C26H26N2O2. The molecule has 0 aliphatic carbocycles. The van der Waals surface area contributed by atoms with Crippen molar-refractivity contribution in [1.82, 2.24) is 5.32 Å². The fraction of sp³-hybridized carbons (Fsp3) is 0.231. The van der Waals surface area contributed by atoms with E-state index in [1.165, 1.54) is 5.56 Å². The van der Waals surface area contributed by atoms with Crippen LogP contribution in [0.3, 0.4) is 0 Å². The second-order valence-electron chi connectivity index (χ2n) is 7.68. The number of fused-ring (bicyclic) bond motifs is 1. The van der Waals surface area contributed by atoms with Gasteiger partial charge in [0.25, 0.3) is 5.91 Å². The third-order valence-electron chi connectivity index (χ3n) is 5.71. The Kier molecular flexibility index (Phi) is 5.66. The van der Waals surface area contributed by atoms with Gasteiger partial charge in [0.15, 0.2) is 0 Å². The number of carbonyl (C=O) groups is 2. The van der Waals surface area contributed by atoms with Crippen molar-refractivity contribution in [1.29, 1.82) is 0 Å². The quantitative estimate of drug-likeness (QED) is 0.647. The van der Waals surface area contributed by atoms with Crippen LogP contribution in [0.4, 0.5) is 5.69 Å². The summed E-state index contributed by atoms with van der Waals surface area (Å²) in [6.45, 7) is 4.63. The Morgan fingerprint density at radius 3 is 2.37 bits per heavy atom. The monoisotopic (exact) mass is 398 g/mol. The first-order valence-electron chi connectivity index (χ1n) is 10.5. The first kappa shape index (κ1) is 19.9. The number of amides is 2. The predicted octanol–water partition coefficient (Wildman–Crippen LogP) is 5.14. The molecule has 1 aliphatic rings. The van der Waals surface area contributed by atoms with Crippen LogP contribution in [0.2, 0.25) is 0 Å². The molecule has 4 nitrogen and oxygen atoms in total. The average Bonchev–Trinajstić information content (AvgIpc) is 3.22. The highest BCUT2D eigenvalue weighted by Gasteiger charge is 2.23. The zero-order valence-electron chi connectivity index (χ0n) is 17.4. The highest BCUT2D eigenvalue weighted by molar-refractivity contribution is 5.96. The highest BCUT2D eigenvalue weighted by Crippen LogP contribution is 2.32. The van der Waals surface area contributed by atoms with E-state index in [0.717, 1.165) is 35.3 Å². The molecule has 1 atom stereocenters. The summed E-state index contributed by atoms with van der Waals surface area (Å²) in [6.07, 6.45) is 1.40. The van der Waals surface area contributed by atoms with Gasteiger partial charge in [0.05, 0.1) is 6.04 Å². The second-order valence-corrected chi connectivity index (χ2v) is 7.68. The Bertz CT molecular complexity index is 1060. The molecule has 0 saturated heterocycles. The molecule has 3 aromatic carbocycles. The van der Waals surface area contributed by atoms with Crippen molar-refractivity contribution in [2.24, 2.45) is 0 Å². The van der Waals surface area contributed by atoms with E-state index in [4.69, 9.17) is 0 Å². The van der Waals surface area contributed by atoms with Crippen LogP contribution >= 0.6 is 0 Å². The van der Waals surface area contributed by atoms with Gasteiger partial charge in [-0.25, -0.2) is 0 Å². The van der Waals surface area contributed by atoms with Crippen LogP contribution in [-0.2, 0) is 11.2 Å². The molecule has 0 fully saturated rings. The minimum atomic E-state index is -0.0828. The van der Waals surface area contributed by atoms with Gasteiger partial charge in [0, 0.05) is 24.2 Å². The fourth-order valence-corrected chi connectivity index (χ4v) is 3.95. The largest absolute Gasteiger partial charge is 0.346 e. The fourth-order valence-electron chi connectivity index (χ4n) is 3.95. The van der Waals surface area contributed by atoms with Gasteiger partial charge in [0.2, 0.25) is 5.91 Å². The van der Waals surface area contributed by atoms with Crippen LogP contribution in [0, 0.1) is 0 Å². The zero-order valence-corrected chi connectivity index (χ0v) is 17.4. The van der Waals surface area contributed by atoms with E-state index in [9.17, 15) is 9.59 Å². The Labute approximate surface area is 177 Å². The summed E-state index contributed by atoms with van der Waals surface area (Å²) in [5.41, 5.74) is 6.11. The van der Waals surface area contributed by atoms with E-state index in [0.29, 0.717) is 12.0 Å².